The molecule has 1 aromatic carbocycles. The summed E-state index contributed by atoms with van der Waals surface area (Å²) >= 11 is 3.12. The van der Waals surface area contributed by atoms with E-state index in [1.54, 1.807) is 0 Å². The van der Waals surface area contributed by atoms with Crippen molar-refractivity contribution in [2.24, 2.45) is 0 Å². The molecule has 0 aliphatic rings. The summed E-state index contributed by atoms with van der Waals surface area (Å²) in [6.45, 7) is 0. The van der Waals surface area contributed by atoms with Crippen LogP contribution in [0.1, 0.15) is 10.4 Å². The van der Waals surface area contributed by atoms with Crippen LogP contribution in [0.2, 0.25) is 0 Å². The Morgan fingerprint density at radius 3 is 2.67 bits per heavy atom. The number of rotatable bonds is 3. The fourth-order valence-corrected chi connectivity index (χ4v) is 1.68. The summed E-state index contributed by atoms with van der Waals surface area (Å²) in [4.78, 5) is 10.5. The number of ether oxygens (including phenoxy) is 2. The molecule has 0 aliphatic carbocycles. The minimum atomic E-state index is -0.729. The van der Waals surface area contributed by atoms with Crippen molar-refractivity contribution in [3.63, 3.8) is 0 Å². The van der Waals surface area contributed by atoms with Crippen LogP contribution >= 0.6 is 15.9 Å². The molecule has 5 heteroatoms. The van der Waals surface area contributed by atoms with Crippen LogP contribution in [-0.2, 0) is 9.53 Å². The number of methoxy groups -OCH3 is 2. The van der Waals surface area contributed by atoms with Gasteiger partial charge in [0.15, 0.2) is 0 Å². The molecule has 0 unspecified atom stereocenters. The minimum absolute atomic E-state index is 0.407. The van der Waals surface area contributed by atoms with Gasteiger partial charge in [-0.25, -0.2) is 4.39 Å². The maximum Gasteiger partial charge on any atom is 0.324 e. The monoisotopic (exact) mass is 276 g/mol. The van der Waals surface area contributed by atoms with Crippen LogP contribution in [0.5, 0.6) is 5.75 Å². The smallest absolute Gasteiger partial charge is 0.324 e. The lowest BCUT2D eigenvalue weighted by molar-refractivity contribution is -0.139. The van der Waals surface area contributed by atoms with Gasteiger partial charge >= 0.3 is 5.97 Å². The SMILES string of the molecule is COC(=O)[C@H](Br)c1cc(F)ccc1OC. The second kappa shape index (κ2) is 5.11. The Labute approximate surface area is 95.3 Å². The molecule has 0 amide bonds. The summed E-state index contributed by atoms with van der Waals surface area (Å²) in [5, 5.41) is 0. The van der Waals surface area contributed by atoms with E-state index in [0.717, 1.165) is 0 Å². The Morgan fingerprint density at radius 2 is 2.13 bits per heavy atom. The quantitative estimate of drug-likeness (QED) is 0.629. The lowest BCUT2D eigenvalue weighted by Crippen LogP contribution is -2.09. The zero-order valence-electron chi connectivity index (χ0n) is 8.29. The third-order valence-corrected chi connectivity index (χ3v) is 2.74. The fourth-order valence-electron chi connectivity index (χ4n) is 1.13. The third kappa shape index (κ3) is 2.68. The second-order valence-electron chi connectivity index (χ2n) is 2.77. The van der Waals surface area contributed by atoms with Gasteiger partial charge in [0.25, 0.3) is 0 Å². The molecule has 3 nitrogen and oxygen atoms in total. The van der Waals surface area contributed by atoms with Crippen molar-refractivity contribution in [2.45, 2.75) is 4.83 Å². The summed E-state index contributed by atoms with van der Waals surface area (Å²) < 4.78 is 22.5. The number of hydrogen-bond acceptors (Lipinski definition) is 3. The average molecular weight is 277 g/mol. The molecule has 0 radical (unpaired) electrons. The molecule has 0 saturated heterocycles. The molecule has 1 rings (SSSR count). The van der Waals surface area contributed by atoms with Crippen LogP contribution < -0.4 is 4.74 Å². The first kappa shape index (κ1) is 12.0. The van der Waals surface area contributed by atoms with Crippen molar-refractivity contribution < 1.29 is 18.7 Å². The fraction of sp³-hybridized carbons (Fsp3) is 0.300. The van der Waals surface area contributed by atoms with Crippen LogP contribution in [-0.4, -0.2) is 20.2 Å². The maximum absolute atomic E-state index is 13.0. The third-order valence-electron chi connectivity index (χ3n) is 1.87. The Kier molecular flexibility index (Phi) is 4.08. The molecule has 1 atom stereocenters. The number of carbonyl (C=O) groups excluding carboxylic acids is 1. The number of carbonyl (C=O) groups is 1. The van der Waals surface area contributed by atoms with Gasteiger partial charge < -0.3 is 9.47 Å². The molecule has 0 aliphatic heterocycles. The predicted molar refractivity (Wildman–Crippen MR) is 56.6 cm³/mol. The molecular weight excluding hydrogens is 267 g/mol. The van der Waals surface area contributed by atoms with Crippen LogP contribution in [0, 0.1) is 5.82 Å². The van der Waals surface area contributed by atoms with Crippen molar-refractivity contribution in [3.05, 3.63) is 29.6 Å². The molecule has 82 valence electrons. The van der Waals surface area contributed by atoms with E-state index in [2.05, 4.69) is 20.7 Å². The highest BCUT2D eigenvalue weighted by Crippen LogP contribution is 2.32. The van der Waals surface area contributed by atoms with Crippen LogP contribution in [0.4, 0.5) is 4.39 Å². The highest BCUT2D eigenvalue weighted by Gasteiger charge is 2.22. The summed E-state index contributed by atoms with van der Waals surface area (Å²) in [6, 6.07) is 3.95. The normalized spacial score (nSPS) is 12.0. The molecule has 0 fully saturated rings. The Hall–Kier alpha value is -1.10. The van der Waals surface area contributed by atoms with Gasteiger partial charge in [0.05, 0.1) is 14.2 Å². The minimum Gasteiger partial charge on any atom is -0.496 e. The van der Waals surface area contributed by atoms with Gasteiger partial charge in [-0.1, -0.05) is 15.9 Å². The predicted octanol–water partition coefficient (Wildman–Crippen LogP) is 2.44. The molecule has 0 aromatic heterocycles. The van der Waals surface area contributed by atoms with E-state index in [-0.39, 0.29) is 0 Å². The lowest BCUT2D eigenvalue weighted by atomic mass is 10.1. The number of benzene rings is 1. The molecule has 15 heavy (non-hydrogen) atoms. The molecule has 1 aromatic rings. The van der Waals surface area contributed by atoms with Crippen LogP contribution in [0.25, 0.3) is 0 Å². The molecule has 0 N–H and O–H groups in total. The number of alkyl halides is 1. The van der Waals surface area contributed by atoms with Crippen LogP contribution in [0.15, 0.2) is 18.2 Å². The summed E-state index contributed by atoms with van der Waals surface area (Å²) in [5.74, 6) is -0.498. The van der Waals surface area contributed by atoms with Gasteiger partial charge in [-0.05, 0) is 18.2 Å². The summed E-state index contributed by atoms with van der Waals surface area (Å²) in [5.41, 5.74) is 0.407. The summed E-state index contributed by atoms with van der Waals surface area (Å²) in [7, 11) is 2.72. The molecular formula is C10H10BrFO3. The number of hydrogen-bond donors (Lipinski definition) is 0. The standard InChI is InChI=1S/C10H10BrFO3/c1-14-8-4-3-6(12)5-7(8)9(11)10(13)15-2/h3-5,9H,1-2H3/t9-/m1/s1. The van der Waals surface area contributed by atoms with Crippen molar-refractivity contribution >= 4 is 21.9 Å². The Bertz CT molecular complexity index is 368. The lowest BCUT2D eigenvalue weighted by Gasteiger charge is -2.12. The topological polar surface area (TPSA) is 35.5 Å². The van der Waals surface area contributed by atoms with Gasteiger partial charge in [0, 0.05) is 5.56 Å². The average Bonchev–Trinajstić information content (AvgIpc) is 2.27. The zero-order valence-corrected chi connectivity index (χ0v) is 9.88. The second-order valence-corrected chi connectivity index (χ2v) is 3.69. The first-order valence-corrected chi connectivity index (χ1v) is 5.07. The first-order chi connectivity index (χ1) is 7.10. The number of halogens is 2. The zero-order chi connectivity index (χ0) is 11.4. The van der Waals surface area contributed by atoms with Crippen LogP contribution in [0.3, 0.4) is 0 Å². The van der Waals surface area contributed by atoms with E-state index in [1.165, 1.54) is 32.4 Å². The van der Waals surface area contributed by atoms with Gasteiger partial charge in [-0.3, -0.25) is 4.79 Å². The maximum atomic E-state index is 13.0. The molecule has 0 heterocycles. The summed E-state index contributed by atoms with van der Waals surface area (Å²) in [6.07, 6.45) is 0. The highest BCUT2D eigenvalue weighted by molar-refractivity contribution is 9.09. The molecule has 0 saturated carbocycles. The molecule has 0 bridgehead atoms. The van der Waals surface area contributed by atoms with Crippen molar-refractivity contribution in [1.82, 2.24) is 0 Å². The van der Waals surface area contributed by atoms with Gasteiger partial charge in [0.1, 0.15) is 16.4 Å². The van der Waals surface area contributed by atoms with E-state index in [9.17, 15) is 9.18 Å². The van der Waals surface area contributed by atoms with Crippen molar-refractivity contribution in [1.29, 1.82) is 0 Å². The largest absolute Gasteiger partial charge is 0.496 e. The van der Waals surface area contributed by atoms with Gasteiger partial charge in [0.2, 0.25) is 0 Å². The van der Waals surface area contributed by atoms with E-state index in [4.69, 9.17) is 4.74 Å². The number of esters is 1. The van der Waals surface area contributed by atoms with Gasteiger partial charge in [-0.2, -0.15) is 0 Å². The molecule has 0 spiro atoms. The van der Waals surface area contributed by atoms with E-state index in [1.807, 2.05) is 0 Å². The van der Waals surface area contributed by atoms with E-state index < -0.39 is 16.6 Å². The first-order valence-electron chi connectivity index (χ1n) is 4.15. The van der Waals surface area contributed by atoms with Crippen molar-refractivity contribution in [2.75, 3.05) is 14.2 Å². The van der Waals surface area contributed by atoms with Crippen molar-refractivity contribution in [3.8, 4) is 5.75 Å². The van der Waals surface area contributed by atoms with E-state index in [0.29, 0.717) is 11.3 Å². The highest BCUT2D eigenvalue weighted by atomic mass is 79.9. The van der Waals surface area contributed by atoms with E-state index >= 15 is 0 Å². The Balaban J connectivity index is 3.10. The van der Waals surface area contributed by atoms with Gasteiger partial charge in [-0.15, -0.1) is 0 Å². The Morgan fingerprint density at radius 1 is 1.47 bits per heavy atom.